The van der Waals surface area contributed by atoms with Gasteiger partial charge in [-0.3, -0.25) is 4.57 Å². The summed E-state index contributed by atoms with van der Waals surface area (Å²) in [5, 5.41) is 2.71. The van der Waals surface area contributed by atoms with Gasteiger partial charge in [0.15, 0.2) is 5.11 Å². The van der Waals surface area contributed by atoms with Crippen molar-refractivity contribution in [3.05, 3.63) is 29.8 Å². The average molecular weight is 317 g/mol. The molecular weight excluding hydrogens is 301 g/mol. The van der Waals surface area contributed by atoms with Crippen LogP contribution in [0.3, 0.4) is 0 Å². The van der Waals surface area contributed by atoms with E-state index in [-0.39, 0.29) is 0 Å². The van der Waals surface area contributed by atoms with E-state index in [1.165, 1.54) is 11.8 Å². The molecule has 1 aliphatic rings. The summed E-state index contributed by atoms with van der Waals surface area (Å²) in [6, 6.07) is 7.70. The van der Waals surface area contributed by atoms with Crippen molar-refractivity contribution in [2.75, 3.05) is 18.5 Å². The molecule has 0 fully saturated rings. The second kappa shape index (κ2) is 6.37. The maximum Gasteiger partial charge on any atom is 0.363 e. The minimum atomic E-state index is -3.22. The van der Waals surface area contributed by atoms with Crippen LogP contribution < -0.4 is 5.32 Å². The van der Waals surface area contributed by atoms with Gasteiger partial charge in [-0.25, -0.2) is 0 Å². The first kappa shape index (κ1) is 15.0. The first-order valence-electron chi connectivity index (χ1n) is 6.06. The number of hydrogen-bond acceptors (Lipinski definition) is 6. The third-order valence-corrected chi connectivity index (χ3v) is 6.86. The van der Waals surface area contributed by atoms with E-state index >= 15 is 0 Å². The third kappa shape index (κ3) is 3.20. The molecule has 0 radical (unpaired) electrons. The zero-order chi connectivity index (χ0) is 13.9. The lowest BCUT2D eigenvalue weighted by Crippen LogP contribution is -2.25. The monoisotopic (exact) mass is 317 g/mol. The van der Waals surface area contributed by atoms with E-state index in [9.17, 15) is 4.57 Å². The number of nitrogens with one attached hydrogen (secondary N) is 1. The fourth-order valence-electron chi connectivity index (χ4n) is 1.79. The molecule has 0 aliphatic carbocycles. The highest BCUT2D eigenvalue weighted by molar-refractivity contribution is 8.26. The van der Waals surface area contributed by atoms with Crippen LogP contribution in [0.4, 0.5) is 5.69 Å². The summed E-state index contributed by atoms with van der Waals surface area (Å²) in [7, 11) is -3.22. The topological polar surface area (TPSA) is 47.6 Å². The molecule has 1 aliphatic heterocycles. The lowest BCUT2D eigenvalue weighted by Gasteiger charge is -2.31. The zero-order valence-corrected chi connectivity index (χ0v) is 13.3. The lowest BCUT2D eigenvalue weighted by atomic mass is 10.2. The number of hydrogen-bond donors (Lipinski definition) is 1. The molecular formula is C12H16NO3PS2. The summed E-state index contributed by atoms with van der Waals surface area (Å²) in [5.41, 5.74) is 1.83. The predicted octanol–water partition coefficient (Wildman–Crippen LogP) is 4.07. The smallest absolute Gasteiger partial charge is 0.363 e. The van der Waals surface area contributed by atoms with Crippen LogP contribution in [0.1, 0.15) is 19.4 Å². The van der Waals surface area contributed by atoms with Gasteiger partial charge in [-0.2, -0.15) is 0 Å². The van der Waals surface area contributed by atoms with Crippen LogP contribution in [0.5, 0.6) is 0 Å². The fourth-order valence-corrected chi connectivity index (χ4v) is 5.72. The molecule has 7 heteroatoms. The van der Waals surface area contributed by atoms with E-state index in [1.54, 1.807) is 13.8 Å². The number of rotatable bonds is 5. The normalized spacial score (nSPS) is 18.8. The third-order valence-electron chi connectivity index (χ3n) is 2.55. The number of para-hydroxylation sites is 1. The van der Waals surface area contributed by atoms with Crippen molar-refractivity contribution in [2.45, 2.75) is 19.0 Å². The number of benzene rings is 1. The van der Waals surface area contributed by atoms with E-state index in [1.807, 2.05) is 24.3 Å². The Morgan fingerprint density at radius 3 is 2.58 bits per heavy atom. The van der Waals surface area contributed by atoms with Gasteiger partial charge >= 0.3 is 7.60 Å². The van der Waals surface area contributed by atoms with Crippen LogP contribution in [0.2, 0.25) is 0 Å². The Bertz CT molecular complexity index is 513. The molecule has 0 spiro atoms. The molecule has 1 N–H and O–H groups in total. The van der Waals surface area contributed by atoms with Crippen molar-refractivity contribution < 1.29 is 13.6 Å². The van der Waals surface area contributed by atoms with Gasteiger partial charge in [0, 0.05) is 11.3 Å². The van der Waals surface area contributed by atoms with E-state index in [0.29, 0.717) is 17.4 Å². The largest absolute Gasteiger partial charge is 0.363 e. The molecule has 0 saturated carbocycles. The molecule has 1 heterocycles. The van der Waals surface area contributed by atoms with Crippen LogP contribution in [-0.4, -0.2) is 22.5 Å². The summed E-state index contributed by atoms with van der Waals surface area (Å²) < 4.78 is 24.2. The summed E-state index contributed by atoms with van der Waals surface area (Å²) in [6.07, 6.45) is 0. The van der Waals surface area contributed by atoms with Crippen LogP contribution in [0, 0.1) is 0 Å². The van der Waals surface area contributed by atoms with Crippen molar-refractivity contribution in [1.82, 2.24) is 0 Å². The molecule has 19 heavy (non-hydrogen) atoms. The number of anilines is 1. The fraction of sp³-hybridized carbons (Fsp3) is 0.417. The van der Waals surface area contributed by atoms with Gasteiger partial charge in [0.05, 0.1) is 17.4 Å². The minimum absolute atomic E-state index is 0.338. The molecule has 1 unspecified atom stereocenters. The highest BCUT2D eigenvalue weighted by Crippen LogP contribution is 2.59. The van der Waals surface area contributed by atoms with E-state index in [0.717, 1.165) is 11.3 Å². The van der Waals surface area contributed by atoms with Gasteiger partial charge in [0.2, 0.25) is 0 Å². The van der Waals surface area contributed by atoms with E-state index < -0.39 is 12.7 Å². The molecule has 4 nitrogen and oxygen atoms in total. The minimum Gasteiger partial charge on any atom is -0.363 e. The summed E-state index contributed by atoms with van der Waals surface area (Å²) in [6.45, 7) is 4.27. The van der Waals surface area contributed by atoms with Gasteiger partial charge in [0.25, 0.3) is 0 Å². The zero-order valence-electron chi connectivity index (χ0n) is 10.8. The van der Waals surface area contributed by atoms with Gasteiger partial charge in [-0.15, -0.1) is 0 Å². The number of thiocarbonyl (C=S) groups is 1. The van der Waals surface area contributed by atoms with Crippen LogP contribution in [-0.2, 0) is 13.6 Å². The first-order valence-corrected chi connectivity index (χ1v) is 8.96. The van der Waals surface area contributed by atoms with Crippen LogP contribution in [0.25, 0.3) is 0 Å². The quantitative estimate of drug-likeness (QED) is 0.652. The maximum absolute atomic E-state index is 12.7. The van der Waals surface area contributed by atoms with Gasteiger partial charge in [-0.05, 0) is 19.9 Å². The number of thioether (sulfide) groups is 1. The SMILES string of the molecule is CCOP(=O)(OCC)C1Nc2ccccc2C(=S)S1. The summed E-state index contributed by atoms with van der Waals surface area (Å²) in [4.78, 5) is 0. The summed E-state index contributed by atoms with van der Waals surface area (Å²) in [5.74, 6) is 0. The molecule has 0 saturated heterocycles. The standard InChI is InChI=1S/C12H16NO3PS2/c1-3-15-17(14,16-4-2)12-13-10-8-6-5-7-9(10)11(18)19-12/h5-8,12-13H,3-4H2,1-2H3. The Hall–Kier alpha value is -0.390. The van der Waals surface area contributed by atoms with Gasteiger partial charge in [-0.1, -0.05) is 42.2 Å². The molecule has 104 valence electrons. The van der Waals surface area contributed by atoms with Crippen molar-refractivity contribution in [3.8, 4) is 0 Å². The van der Waals surface area contributed by atoms with E-state index in [2.05, 4.69) is 5.32 Å². The Balaban J connectivity index is 2.28. The van der Waals surface area contributed by atoms with E-state index in [4.69, 9.17) is 21.3 Å². The molecule has 0 aromatic heterocycles. The first-order chi connectivity index (χ1) is 9.10. The molecule has 0 amide bonds. The van der Waals surface area contributed by atoms with Crippen LogP contribution >= 0.6 is 31.6 Å². The highest BCUT2D eigenvalue weighted by Gasteiger charge is 2.40. The van der Waals surface area contributed by atoms with Crippen LogP contribution in [0.15, 0.2) is 24.3 Å². The van der Waals surface area contributed by atoms with Gasteiger partial charge in [0.1, 0.15) is 0 Å². The van der Waals surface area contributed by atoms with Crippen molar-refractivity contribution in [3.63, 3.8) is 0 Å². The lowest BCUT2D eigenvalue weighted by molar-refractivity contribution is 0.220. The Labute approximate surface area is 122 Å². The Kier molecular flexibility index (Phi) is 5.03. The molecule has 0 bridgehead atoms. The maximum atomic E-state index is 12.7. The van der Waals surface area contributed by atoms with Gasteiger partial charge < -0.3 is 14.4 Å². The molecule has 1 atom stereocenters. The molecule has 1 aromatic rings. The second-order valence-corrected chi connectivity index (χ2v) is 8.07. The Morgan fingerprint density at radius 2 is 1.95 bits per heavy atom. The van der Waals surface area contributed by atoms with Crippen molar-refractivity contribution >= 4 is 41.5 Å². The van der Waals surface area contributed by atoms with Crippen molar-refractivity contribution in [1.29, 1.82) is 0 Å². The molecule has 1 aromatic carbocycles. The second-order valence-electron chi connectivity index (χ2n) is 3.82. The Morgan fingerprint density at radius 1 is 1.32 bits per heavy atom. The van der Waals surface area contributed by atoms with Crippen molar-refractivity contribution in [2.24, 2.45) is 0 Å². The molecule has 2 rings (SSSR count). The predicted molar refractivity (Wildman–Crippen MR) is 84.0 cm³/mol. The highest BCUT2D eigenvalue weighted by atomic mass is 32.2. The number of fused-ring (bicyclic) bond motifs is 1. The average Bonchev–Trinajstić information content (AvgIpc) is 2.39. The summed E-state index contributed by atoms with van der Waals surface area (Å²) >= 11 is 6.69.